The van der Waals surface area contributed by atoms with Crippen LogP contribution in [0.15, 0.2) is 12.7 Å². The van der Waals surface area contributed by atoms with Gasteiger partial charge in [-0.1, -0.05) is 18.2 Å². The molecule has 0 aromatic heterocycles. The highest BCUT2D eigenvalue weighted by atomic mass is 35.5. The number of esters is 1. The smallest absolute Gasteiger partial charge is 0.330 e. The zero-order valence-electron chi connectivity index (χ0n) is 4.71. The molecule has 0 rings (SSSR count). The van der Waals surface area contributed by atoms with Crippen molar-refractivity contribution >= 4 is 17.6 Å². The predicted octanol–water partition coefficient (Wildman–Crippen LogP) is 0.273. The second-order valence-corrected chi connectivity index (χ2v) is 1.77. The molecule has 0 aliphatic carbocycles. The highest BCUT2D eigenvalue weighted by Crippen LogP contribution is 1.90. The number of carbonyl (C=O) groups is 1. The standard InChI is InChI=1S/C5H7ClO3/c1-2-5(8)9-3-4(6)7/h2,4,7H,1,3H2. The van der Waals surface area contributed by atoms with E-state index >= 15 is 0 Å². The van der Waals surface area contributed by atoms with Gasteiger partial charge in [-0.05, 0) is 0 Å². The van der Waals surface area contributed by atoms with E-state index in [-0.39, 0.29) is 6.61 Å². The maximum atomic E-state index is 10.2. The molecule has 4 heteroatoms. The van der Waals surface area contributed by atoms with E-state index in [1.165, 1.54) is 0 Å². The fourth-order valence-electron chi connectivity index (χ4n) is 0.210. The lowest BCUT2D eigenvalue weighted by molar-refractivity contribution is -0.139. The summed E-state index contributed by atoms with van der Waals surface area (Å²) in [5.41, 5.74) is -1.13. The molecule has 0 saturated carbocycles. The Morgan fingerprint density at radius 2 is 2.56 bits per heavy atom. The summed E-state index contributed by atoms with van der Waals surface area (Å²) in [6, 6.07) is 0. The Hall–Kier alpha value is -0.540. The molecular formula is C5H7ClO3. The van der Waals surface area contributed by atoms with Crippen molar-refractivity contribution in [1.29, 1.82) is 0 Å². The maximum absolute atomic E-state index is 10.2. The van der Waals surface area contributed by atoms with E-state index in [0.29, 0.717) is 0 Å². The highest BCUT2D eigenvalue weighted by molar-refractivity contribution is 6.19. The Balaban J connectivity index is 3.27. The third kappa shape index (κ3) is 5.33. The molecule has 1 atom stereocenters. The number of hydrogen-bond donors (Lipinski definition) is 1. The number of aliphatic hydroxyl groups is 1. The van der Waals surface area contributed by atoms with Gasteiger partial charge < -0.3 is 9.84 Å². The van der Waals surface area contributed by atoms with Gasteiger partial charge in [0.05, 0.1) is 0 Å². The van der Waals surface area contributed by atoms with Gasteiger partial charge in [-0.3, -0.25) is 0 Å². The highest BCUT2D eigenvalue weighted by Gasteiger charge is 1.99. The molecule has 0 aromatic rings. The van der Waals surface area contributed by atoms with Crippen molar-refractivity contribution in [3.05, 3.63) is 12.7 Å². The largest absolute Gasteiger partial charge is 0.458 e. The number of halogens is 1. The molecule has 52 valence electrons. The molecule has 0 aromatic carbocycles. The fraction of sp³-hybridized carbons (Fsp3) is 0.400. The van der Waals surface area contributed by atoms with Gasteiger partial charge in [0.15, 0.2) is 5.56 Å². The van der Waals surface area contributed by atoms with Gasteiger partial charge in [0, 0.05) is 6.08 Å². The number of ether oxygens (including phenoxy) is 1. The zero-order valence-corrected chi connectivity index (χ0v) is 5.47. The predicted molar refractivity (Wildman–Crippen MR) is 33.0 cm³/mol. The summed E-state index contributed by atoms with van der Waals surface area (Å²) < 4.78 is 4.31. The summed E-state index contributed by atoms with van der Waals surface area (Å²) >= 11 is 5.02. The van der Waals surface area contributed by atoms with Crippen LogP contribution >= 0.6 is 11.6 Å². The number of hydrogen-bond acceptors (Lipinski definition) is 3. The fourth-order valence-corrected chi connectivity index (χ4v) is 0.273. The van der Waals surface area contributed by atoms with Crippen molar-refractivity contribution < 1.29 is 14.6 Å². The Kier molecular flexibility index (Phi) is 4.09. The minimum atomic E-state index is -1.13. The van der Waals surface area contributed by atoms with Crippen LogP contribution in [0.5, 0.6) is 0 Å². The third-order valence-electron chi connectivity index (χ3n) is 0.530. The topological polar surface area (TPSA) is 46.5 Å². The molecular weight excluding hydrogens is 144 g/mol. The van der Waals surface area contributed by atoms with E-state index in [4.69, 9.17) is 16.7 Å². The van der Waals surface area contributed by atoms with Crippen molar-refractivity contribution in [2.24, 2.45) is 0 Å². The first-order valence-corrected chi connectivity index (χ1v) is 2.71. The van der Waals surface area contributed by atoms with Crippen LogP contribution in [0, 0.1) is 0 Å². The first kappa shape index (κ1) is 8.46. The second kappa shape index (κ2) is 4.35. The van der Waals surface area contributed by atoms with Crippen molar-refractivity contribution in [3.8, 4) is 0 Å². The molecule has 0 bridgehead atoms. The average molecular weight is 151 g/mol. The number of aliphatic hydroxyl groups excluding tert-OH is 1. The Morgan fingerprint density at radius 1 is 2.00 bits per heavy atom. The molecule has 0 heterocycles. The lowest BCUT2D eigenvalue weighted by Crippen LogP contribution is -2.11. The first-order chi connectivity index (χ1) is 4.16. The molecule has 1 N–H and O–H groups in total. The maximum Gasteiger partial charge on any atom is 0.330 e. The Morgan fingerprint density at radius 3 is 2.89 bits per heavy atom. The summed E-state index contributed by atoms with van der Waals surface area (Å²) in [5, 5.41) is 8.35. The van der Waals surface area contributed by atoms with Gasteiger partial charge in [-0.25, -0.2) is 4.79 Å². The summed E-state index contributed by atoms with van der Waals surface area (Å²) in [5.74, 6) is -0.588. The van der Waals surface area contributed by atoms with Gasteiger partial charge in [-0.15, -0.1) is 0 Å². The van der Waals surface area contributed by atoms with E-state index in [0.717, 1.165) is 6.08 Å². The van der Waals surface area contributed by atoms with Crippen LogP contribution in [0.2, 0.25) is 0 Å². The lowest BCUT2D eigenvalue weighted by atomic mass is 10.6. The van der Waals surface area contributed by atoms with Crippen LogP contribution in [-0.2, 0) is 9.53 Å². The molecule has 0 spiro atoms. The quantitative estimate of drug-likeness (QED) is 0.357. The van der Waals surface area contributed by atoms with Crippen LogP contribution in [-0.4, -0.2) is 23.2 Å². The Labute approximate surface area is 57.9 Å². The minimum absolute atomic E-state index is 0.202. The zero-order chi connectivity index (χ0) is 7.28. The summed E-state index contributed by atoms with van der Waals surface area (Å²) in [4.78, 5) is 10.2. The Bertz CT molecular complexity index is 111. The second-order valence-electron chi connectivity index (χ2n) is 1.27. The van der Waals surface area contributed by atoms with E-state index in [1.54, 1.807) is 0 Å². The monoisotopic (exact) mass is 150 g/mol. The molecule has 0 radical (unpaired) electrons. The summed E-state index contributed by atoms with van der Waals surface area (Å²) in [6.45, 7) is 2.94. The lowest BCUT2D eigenvalue weighted by Gasteiger charge is -2.00. The summed E-state index contributed by atoms with van der Waals surface area (Å²) in [6.07, 6.45) is 0.999. The van der Waals surface area contributed by atoms with Gasteiger partial charge >= 0.3 is 5.97 Å². The van der Waals surface area contributed by atoms with Crippen LogP contribution < -0.4 is 0 Å². The molecule has 0 saturated heterocycles. The van der Waals surface area contributed by atoms with Gasteiger partial charge in [0.2, 0.25) is 0 Å². The van der Waals surface area contributed by atoms with E-state index in [9.17, 15) is 4.79 Å². The number of carbonyl (C=O) groups excluding carboxylic acids is 1. The minimum Gasteiger partial charge on any atom is -0.458 e. The van der Waals surface area contributed by atoms with Gasteiger partial charge in [0.25, 0.3) is 0 Å². The molecule has 0 aliphatic heterocycles. The van der Waals surface area contributed by atoms with Crippen LogP contribution in [0.1, 0.15) is 0 Å². The van der Waals surface area contributed by atoms with Crippen LogP contribution in [0.3, 0.4) is 0 Å². The van der Waals surface area contributed by atoms with E-state index in [1.807, 2.05) is 0 Å². The van der Waals surface area contributed by atoms with Crippen molar-refractivity contribution in [1.82, 2.24) is 0 Å². The van der Waals surface area contributed by atoms with Crippen molar-refractivity contribution in [2.75, 3.05) is 6.61 Å². The molecule has 1 unspecified atom stereocenters. The normalized spacial score (nSPS) is 12.2. The van der Waals surface area contributed by atoms with Crippen LogP contribution in [0.4, 0.5) is 0 Å². The number of alkyl halides is 1. The SMILES string of the molecule is C=CC(=O)OCC(O)Cl. The average Bonchev–Trinajstić information content (AvgIpc) is 1.83. The van der Waals surface area contributed by atoms with Gasteiger partial charge in [-0.2, -0.15) is 0 Å². The van der Waals surface area contributed by atoms with Crippen molar-refractivity contribution in [2.45, 2.75) is 5.56 Å². The molecule has 0 aliphatic rings. The first-order valence-electron chi connectivity index (χ1n) is 2.28. The molecule has 3 nitrogen and oxygen atoms in total. The molecule has 0 fully saturated rings. The molecule has 9 heavy (non-hydrogen) atoms. The van der Waals surface area contributed by atoms with Crippen molar-refractivity contribution in [3.63, 3.8) is 0 Å². The van der Waals surface area contributed by atoms with E-state index in [2.05, 4.69) is 11.3 Å². The van der Waals surface area contributed by atoms with Crippen LogP contribution in [0.25, 0.3) is 0 Å². The number of rotatable bonds is 3. The molecule has 0 amide bonds. The summed E-state index contributed by atoms with van der Waals surface area (Å²) in [7, 11) is 0. The van der Waals surface area contributed by atoms with E-state index < -0.39 is 11.5 Å². The van der Waals surface area contributed by atoms with Gasteiger partial charge in [0.1, 0.15) is 6.61 Å². The third-order valence-corrected chi connectivity index (χ3v) is 0.656.